The highest BCUT2D eigenvalue weighted by Gasteiger charge is 2.06. The van der Waals surface area contributed by atoms with Gasteiger partial charge in [-0.2, -0.15) is 0 Å². The van der Waals surface area contributed by atoms with Gasteiger partial charge < -0.3 is 4.90 Å². The van der Waals surface area contributed by atoms with Crippen molar-refractivity contribution in [3.63, 3.8) is 0 Å². The van der Waals surface area contributed by atoms with Crippen molar-refractivity contribution in [2.45, 2.75) is 13.3 Å². The summed E-state index contributed by atoms with van der Waals surface area (Å²) in [6.07, 6.45) is 3.88. The maximum absolute atomic E-state index is 11.3. The Bertz CT molecular complexity index is 247. The number of nitrogens with zero attached hydrogens (tertiary/aromatic N) is 2. The number of carbonyl (C=O) groups is 2. The molecule has 0 aliphatic carbocycles. The van der Waals surface area contributed by atoms with Crippen molar-refractivity contribution < 1.29 is 9.59 Å². The summed E-state index contributed by atoms with van der Waals surface area (Å²) in [5, 5.41) is 0. The Labute approximate surface area is 91.5 Å². The van der Waals surface area contributed by atoms with Crippen molar-refractivity contribution in [3.05, 3.63) is 12.2 Å². The van der Waals surface area contributed by atoms with Gasteiger partial charge in [0.1, 0.15) is 0 Å². The number of ketones is 1. The molecule has 0 radical (unpaired) electrons. The normalized spacial score (nSPS) is 11.0. The molecule has 0 bridgehead atoms. The van der Waals surface area contributed by atoms with E-state index in [4.69, 9.17) is 0 Å². The van der Waals surface area contributed by atoms with Gasteiger partial charge in [-0.15, -0.1) is 0 Å². The third-order valence-electron chi connectivity index (χ3n) is 1.97. The third kappa shape index (κ3) is 6.85. The van der Waals surface area contributed by atoms with E-state index in [1.165, 1.54) is 0 Å². The first kappa shape index (κ1) is 13.8. The predicted octanol–water partition coefficient (Wildman–Crippen LogP) is 0.542. The predicted molar refractivity (Wildman–Crippen MR) is 60.6 cm³/mol. The van der Waals surface area contributed by atoms with Crippen molar-refractivity contribution in [1.29, 1.82) is 0 Å². The molecule has 86 valence electrons. The van der Waals surface area contributed by atoms with E-state index in [1.54, 1.807) is 31.1 Å². The summed E-state index contributed by atoms with van der Waals surface area (Å²) < 4.78 is 0. The second-order valence-corrected chi connectivity index (χ2v) is 3.71. The summed E-state index contributed by atoms with van der Waals surface area (Å²) in [7, 11) is 5.31. The number of amides is 1. The van der Waals surface area contributed by atoms with Crippen molar-refractivity contribution >= 4 is 11.7 Å². The van der Waals surface area contributed by atoms with Crippen LogP contribution in [-0.4, -0.2) is 55.7 Å². The molecule has 15 heavy (non-hydrogen) atoms. The molecule has 0 aromatic carbocycles. The van der Waals surface area contributed by atoms with Gasteiger partial charge in [0, 0.05) is 27.1 Å². The van der Waals surface area contributed by atoms with Gasteiger partial charge in [0.25, 0.3) is 0 Å². The van der Waals surface area contributed by atoms with Crippen molar-refractivity contribution in [2.24, 2.45) is 0 Å². The Morgan fingerprint density at radius 2 is 1.80 bits per heavy atom. The van der Waals surface area contributed by atoms with Crippen LogP contribution in [0.1, 0.15) is 13.3 Å². The lowest BCUT2D eigenvalue weighted by Crippen LogP contribution is -2.34. The van der Waals surface area contributed by atoms with Crippen molar-refractivity contribution in [2.75, 3.05) is 34.2 Å². The number of hydrogen-bond donors (Lipinski definition) is 0. The van der Waals surface area contributed by atoms with Gasteiger partial charge in [0.2, 0.25) is 5.91 Å². The maximum atomic E-state index is 11.3. The smallest absolute Gasteiger partial charge is 0.236 e. The van der Waals surface area contributed by atoms with E-state index in [0.29, 0.717) is 19.5 Å². The highest BCUT2D eigenvalue weighted by atomic mass is 16.2. The number of allylic oxidation sites excluding steroid dienone is 1. The summed E-state index contributed by atoms with van der Waals surface area (Å²) in [6, 6.07) is 0. The monoisotopic (exact) mass is 212 g/mol. The van der Waals surface area contributed by atoms with Crippen LogP contribution in [0.25, 0.3) is 0 Å². The van der Waals surface area contributed by atoms with E-state index in [-0.39, 0.29) is 11.7 Å². The van der Waals surface area contributed by atoms with Crippen LogP contribution in [0.3, 0.4) is 0 Å². The zero-order chi connectivity index (χ0) is 11.8. The first-order valence-electron chi connectivity index (χ1n) is 5.05. The molecule has 0 saturated heterocycles. The Morgan fingerprint density at radius 1 is 1.20 bits per heavy atom. The fraction of sp³-hybridized carbons (Fsp3) is 0.636. The first-order valence-corrected chi connectivity index (χ1v) is 5.05. The van der Waals surface area contributed by atoms with Gasteiger partial charge in [0.05, 0.1) is 6.54 Å². The molecule has 0 aromatic rings. The minimum atomic E-state index is 0.0627. The maximum Gasteiger partial charge on any atom is 0.236 e. The van der Waals surface area contributed by atoms with Crippen LogP contribution >= 0.6 is 0 Å². The average molecular weight is 212 g/mol. The number of carbonyl (C=O) groups excluding carboxylic acids is 2. The Kier molecular flexibility index (Phi) is 6.62. The molecule has 0 N–H and O–H groups in total. The van der Waals surface area contributed by atoms with Gasteiger partial charge in [-0.3, -0.25) is 14.5 Å². The lowest BCUT2D eigenvalue weighted by atomic mass is 10.3. The molecule has 0 unspecified atom stereocenters. The van der Waals surface area contributed by atoms with Crippen LogP contribution in [0.5, 0.6) is 0 Å². The van der Waals surface area contributed by atoms with E-state index >= 15 is 0 Å². The van der Waals surface area contributed by atoms with Crippen LogP contribution < -0.4 is 0 Å². The minimum absolute atomic E-state index is 0.0627. The molecule has 0 aliphatic heterocycles. The Morgan fingerprint density at radius 3 is 2.27 bits per heavy atom. The van der Waals surface area contributed by atoms with Gasteiger partial charge in [0.15, 0.2) is 5.78 Å². The molecule has 0 fully saturated rings. The van der Waals surface area contributed by atoms with Crippen LogP contribution in [0.15, 0.2) is 12.2 Å². The molecule has 0 aliphatic rings. The lowest BCUT2D eigenvalue weighted by Gasteiger charge is -2.16. The molecule has 0 saturated carbocycles. The molecule has 4 nitrogen and oxygen atoms in total. The van der Waals surface area contributed by atoms with Crippen LogP contribution in [0.2, 0.25) is 0 Å². The van der Waals surface area contributed by atoms with Crippen LogP contribution in [0.4, 0.5) is 0 Å². The van der Waals surface area contributed by atoms with Crippen molar-refractivity contribution in [3.8, 4) is 0 Å². The van der Waals surface area contributed by atoms with Crippen LogP contribution in [-0.2, 0) is 9.59 Å². The standard InChI is InChI=1S/C11H20N2O2/c1-5-10(14)7-6-8-13(4)9-11(15)12(2)3/h6-7H,5,8-9H2,1-4H3/b7-6+. The molecular formula is C11H20N2O2. The number of likely N-dealkylation sites (N-methyl/N-ethyl adjacent to an activating group) is 2. The zero-order valence-corrected chi connectivity index (χ0v) is 9.99. The summed E-state index contributed by atoms with van der Waals surface area (Å²) >= 11 is 0. The van der Waals surface area contributed by atoms with Crippen LogP contribution in [0, 0.1) is 0 Å². The largest absolute Gasteiger partial charge is 0.348 e. The summed E-state index contributed by atoms with van der Waals surface area (Å²) in [5.74, 6) is 0.176. The highest BCUT2D eigenvalue weighted by Crippen LogP contribution is 1.89. The van der Waals surface area contributed by atoms with E-state index in [0.717, 1.165) is 0 Å². The highest BCUT2D eigenvalue weighted by molar-refractivity contribution is 5.89. The second-order valence-electron chi connectivity index (χ2n) is 3.71. The molecule has 1 amide bonds. The van der Waals surface area contributed by atoms with Gasteiger partial charge in [-0.05, 0) is 13.1 Å². The summed E-state index contributed by atoms with van der Waals surface area (Å²) in [4.78, 5) is 25.7. The van der Waals surface area contributed by atoms with E-state index in [9.17, 15) is 9.59 Å². The molecule has 0 aromatic heterocycles. The lowest BCUT2D eigenvalue weighted by molar-refractivity contribution is -0.129. The van der Waals surface area contributed by atoms with Gasteiger partial charge in [-0.1, -0.05) is 13.0 Å². The quantitative estimate of drug-likeness (QED) is 0.603. The number of rotatable bonds is 6. The first-order chi connectivity index (χ1) is 6.97. The summed E-state index contributed by atoms with van der Waals surface area (Å²) in [5.41, 5.74) is 0. The topological polar surface area (TPSA) is 40.6 Å². The van der Waals surface area contributed by atoms with Gasteiger partial charge in [-0.25, -0.2) is 0 Å². The van der Waals surface area contributed by atoms with E-state index in [1.807, 2.05) is 18.9 Å². The molecule has 0 rings (SSSR count). The molecule has 0 atom stereocenters. The minimum Gasteiger partial charge on any atom is -0.348 e. The molecule has 0 heterocycles. The fourth-order valence-corrected chi connectivity index (χ4v) is 0.919. The second kappa shape index (κ2) is 7.17. The fourth-order valence-electron chi connectivity index (χ4n) is 0.919. The number of hydrogen-bond acceptors (Lipinski definition) is 3. The SMILES string of the molecule is CCC(=O)/C=C/CN(C)CC(=O)N(C)C. The van der Waals surface area contributed by atoms with E-state index in [2.05, 4.69) is 0 Å². The Balaban J connectivity index is 3.84. The molecule has 0 spiro atoms. The average Bonchev–Trinajstić information content (AvgIpc) is 2.17. The third-order valence-corrected chi connectivity index (χ3v) is 1.97. The molecular weight excluding hydrogens is 192 g/mol. The Hall–Kier alpha value is -1.16. The van der Waals surface area contributed by atoms with Gasteiger partial charge >= 0.3 is 0 Å². The zero-order valence-electron chi connectivity index (χ0n) is 9.99. The summed E-state index contributed by atoms with van der Waals surface area (Å²) in [6.45, 7) is 2.81. The van der Waals surface area contributed by atoms with Crippen molar-refractivity contribution in [1.82, 2.24) is 9.80 Å². The molecule has 4 heteroatoms. The van der Waals surface area contributed by atoms with E-state index < -0.39 is 0 Å².